The van der Waals surface area contributed by atoms with Crippen molar-refractivity contribution >= 4 is 0 Å². The molecule has 0 saturated heterocycles. The molecule has 1 unspecified atom stereocenters. The fraction of sp³-hybridized carbons (Fsp3) is 0.471. The molecular weight excluding hydrogens is 278 g/mol. The van der Waals surface area contributed by atoms with Gasteiger partial charge in [-0.15, -0.1) is 0 Å². The molecule has 0 saturated carbocycles. The lowest BCUT2D eigenvalue weighted by molar-refractivity contribution is 0.173. The Labute approximate surface area is 130 Å². The molecule has 2 aliphatic rings. The molecule has 0 fully saturated rings. The number of benzene rings is 1. The molecule has 1 aliphatic heterocycles. The largest absolute Gasteiger partial charge is 0.454 e. The number of ether oxygens (including phenoxy) is 2. The highest BCUT2D eigenvalue weighted by Crippen LogP contribution is 2.36. The number of rotatable bonds is 4. The summed E-state index contributed by atoms with van der Waals surface area (Å²) in [6.45, 7) is 4.20. The van der Waals surface area contributed by atoms with E-state index in [1.54, 1.807) is 0 Å². The summed E-state index contributed by atoms with van der Waals surface area (Å²) in [5.74, 6) is 1.73. The van der Waals surface area contributed by atoms with Crippen molar-refractivity contribution in [2.75, 3.05) is 6.79 Å². The van der Waals surface area contributed by atoms with Gasteiger partial charge in [-0.25, -0.2) is 0 Å². The van der Waals surface area contributed by atoms with Crippen molar-refractivity contribution in [1.29, 1.82) is 0 Å². The zero-order chi connectivity index (χ0) is 14.9. The normalized spacial score (nSPS) is 19.2. The van der Waals surface area contributed by atoms with Crippen LogP contribution in [0.25, 0.3) is 0 Å². The van der Waals surface area contributed by atoms with Crippen LogP contribution in [0.3, 0.4) is 0 Å². The van der Waals surface area contributed by atoms with E-state index in [2.05, 4.69) is 28.1 Å². The molecule has 22 heavy (non-hydrogen) atoms. The third-order valence-electron chi connectivity index (χ3n) is 4.58. The van der Waals surface area contributed by atoms with Gasteiger partial charge in [-0.3, -0.25) is 4.68 Å². The van der Waals surface area contributed by atoms with Gasteiger partial charge in [0.1, 0.15) is 0 Å². The predicted molar refractivity (Wildman–Crippen MR) is 83.0 cm³/mol. The van der Waals surface area contributed by atoms with Crippen molar-refractivity contribution in [3.05, 3.63) is 41.2 Å². The van der Waals surface area contributed by atoms with E-state index in [0.29, 0.717) is 12.8 Å². The number of para-hydroxylation sites is 1. The zero-order valence-corrected chi connectivity index (χ0v) is 12.8. The molecule has 1 atom stereocenters. The molecule has 1 aromatic carbocycles. The van der Waals surface area contributed by atoms with Gasteiger partial charge in [0.05, 0.1) is 6.20 Å². The van der Waals surface area contributed by atoms with E-state index in [4.69, 9.17) is 9.47 Å². The van der Waals surface area contributed by atoms with Gasteiger partial charge in [-0.05, 0) is 32.3 Å². The molecule has 4 rings (SSSR count). The van der Waals surface area contributed by atoms with Crippen molar-refractivity contribution < 1.29 is 9.47 Å². The van der Waals surface area contributed by atoms with Crippen LogP contribution in [0.4, 0.5) is 0 Å². The van der Waals surface area contributed by atoms with Crippen LogP contribution in [0.15, 0.2) is 24.4 Å². The van der Waals surface area contributed by atoms with Crippen molar-refractivity contribution in [3.8, 4) is 11.5 Å². The molecule has 0 spiro atoms. The fourth-order valence-electron chi connectivity index (χ4n) is 3.47. The molecule has 1 aromatic heterocycles. The molecule has 1 aliphatic carbocycles. The summed E-state index contributed by atoms with van der Waals surface area (Å²) < 4.78 is 13.1. The molecule has 116 valence electrons. The van der Waals surface area contributed by atoms with Crippen LogP contribution in [0, 0.1) is 0 Å². The first-order valence-electron chi connectivity index (χ1n) is 8.02. The summed E-state index contributed by atoms with van der Waals surface area (Å²) in [6, 6.07) is 6.45. The van der Waals surface area contributed by atoms with Gasteiger partial charge in [0.25, 0.3) is 0 Å². The maximum absolute atomic E-state index is 5.58. The lowest BCUT2D eigenvalue weighted by atomic mass is 9.92. The smallest absolute Gasteiger partial charge is 0.231 e. The Bertz CT molecular complexity index is 681. The van der Waals surface area contributed by atoms with Gasteiger partial charge >= 0.3 is 0 Å². The quantitative estimate of drug-likeness (QED) is 0.943. The third kappa shape index (κ3) is 2.25. The van der Waals surface area contributed by atoms with Crippen LogP contribution in [0.5, 0.6) is 11.5 Å². The standard InChI is InChI=1S/C17H21N3O2/c1-2-20-15-7-4-6-14(13(15)10-19-20)18-9-12-5-3-8-16-17(12)22-11-21-16/h3,5,8,10,14,18H,2,4,6-7,9,11H2,1H3. The average molecular weight is 299 g/mol. The summed E-state index contributed by atoms with van der Waals surface area (Å²) in [5, 5.41) is 8.18. The highest BCUT2D eigenvalue weighted by Gasteiger charge is 2.24. The number of hydrogen-bond donors (Lipinski definition) is 1. The van der Waals surface area contributed by atoms with Crippen LogP contribution in [-0.2, 0) is 19.5 Å². The van der Waals surface area contributed by atoms with Crippen LogP contribution in [0.2, 0.25) is 0 Å². The topological polar surface area (TPSA) is 48.3 Å². The molecule has 1 N–H and O–H groups in total. The molecule has 5 heteroatoms. The highest BCUT2D eigenvalue weighted by molar-refractivity contribution is 5.48. The van der Waals surface area contributed by atoms with Crippen molar-refractivity contribution in [1.82, 2.24) is 15.1 Å². The maximum Gasteiger partial charge on any atom is 0.231 e. The molecule has 5 nitrogen and oxygen atoms in total. The highest BCUT2D eigenvalue weighted by atomic mass is 16.7. The SMILES string of the molecule is CCn1ncc2c1CCCC2NCc1cccc2c1OCO2. The van der Waals surface area contributed by atoms with Gasteiger partial charge in [0.15, 0.2) is 11.5 Å². The third-order valence-corrected chi connectivity index (χ3v) is 4.58. The summed E-state index contributed by atoms with van der Waals surface area (Å²) >= 11 is 0. The molecule has 0 bridgehead atoms. The Morgan fingerprint density at radius 1 is 1.36 bits per heavy atom. The zero-order valence-electron chi connectivity index (χ0n) is 12.8. The van der Waals surface area contributed by atoms with Gasteiger partial charge in [-0.2, -0.15) is 5.10 Å². The van der Waals surface area contributed by atoms with Crippen LogP contribution in [-0.4, -0.2) is 16.6 Å². The number of aromatic nitrogens is 2. The number of hydrogen-bond acceptors (Lipinski definition) is 4. The van der Waals surface area contributed by atoms with Crippen LogP contribution in [0.1, 0.15) is 42.6 Å². The summed E-state index contributed by atoms with van der Waals surface area (Å²) in [7, 11) is 0. The minimum Gasteiger partial charge on any atom is -0.454 e. The number of nitrogens with one attached hydrogen (secondary N) is 1. The van der Waals surface area contributed by atoms with Gasteiger partial charge < -0.3 is 14.8 Å². The molecule has 2 aromatic rings. The number of fused-ring (bicyclic) bond motifs is 2. The fourth-order valence-corrected chi connectivity index (χ4v) is 3.47. The minimum absolute atomic E-state index is 0.323. The van der Waals surface area contributed by atoms with Crippen molar-refractivity contribution in [2.24, 2.45) is 0 Å². The van der Waals surface area contributed by atoms with Gasteiger partial charge in [0.2, 0.25) is 6.79 Å². The van der Waals surface area contributed by atoms with Gasteiger partial charge in [-0.1, -0.05) is 12.1 Å². The summed E-state index contributed by atoms with van der Waals surface area (Å²) in [4.78, 5) is 0. The molecule has 0 radical (unpaired) electrons. The Balaban J connectivity index is 1.52. The lowest BCUT2D eigenvalue weighted by Gasteiger charge is -2.24. The van der Waals surface area contributed by atoms with E-state index in [1.165, 1.54) is 17.7 Å². The Kier molecular flexibility index (Phi) is 3.50. The Morgan fingerprint density at radius 2 is 2.32 bits per heavy atom. The van der Waals surface area contributed by atoms with E-state index in [-0.39, 0.29) is 0 Å². The minimum atomic E-state index is 0.323. The summed E-state index contributed by atoms with van der Waals surface area (Å²) in [6.07, 6.45) is 5.54. The van der Waals surface area contributed by atoms with Crippen molar-refractivity contribution in [3.63, 3.8) is 0 Å². The van der Waals surface area contributed by atoms with Crippen molar-refractivity contribution in [2.45, 2.75) is 45.3 Å². The van der Waals surface area contributed by atoms with E-state index < -0.39 is 0 Å². The monoisotopic (exact) mass is 299 g/mol. The number of nitrogens with zero attached hydrogens (tertiary/aromatic N) is 2. The molecular formula is C17H21N3O2. The first-order valence-corrected chi connectivity index (χ1v) is 8.02. The van der Waals surface area contributed by atoms with Gasteiger partial charge in [0, 0.05) is 36.0 Å². The second-order valence-corrected chi connectivity index (χ2v) is 5.84. The maximum atomic E-state index is 5.58. The van der Waals surface area contributed by atoms with E-state index in [0.717, 1.165) is 43.0 Å². The molecule has 2 heterocycles. The van der Waals surface area contributed by atoms with E-state index >= 15 is 0 Å². The summed E-state index contributed by atoms with van der Waals surface area (Å²) in [5.41, 5.74) is 3.91. The first-order chi connectivity index (χ1) is 10.9. The second-order valence-electron chi connectivity index (χ2n) is 5.84. The second kappa shape index (κ2) is 5.65. The Morgan fingerprint density at radius 3 is 3.23 bits per heavy atom. The lowest BCUT2D eigenvalue weighted by Crippen LogP contribution is -2.25. The Hall–Kier alpha value is -2.01. The predicted octanol–water partition coefficient (Wildman–Crippen LogP) is 2.80. The average Bonchev–Trinajstić information content (AvgIpc) is 3.19. The first kappa shape index (κ1) is 13.6. The van der Waals surface area contributed by atoms with Crippen LogP contribution >= 0.6 is 0 Å². The molecule has 0 amide bonds. The van der Waals surface area contributed by atoms with Crippen LogP contribution < -0.4 is 14.8 Å². The van der Waals surface area contributed by atoms with E-state index in [9.17, 15) is 0 Å². The number of aryl methyl sites for hydroxylation is 1. The van der Waals surface area contributed by atoms with E-state index in [1.807, 2.05) is 18.3 Å².